The summed E-state index contributed by atoms with van der Waals surface area (Å²) in [7, 11) is 0. The van der Waals surface area contributed by atoms with Crippen LogP contribution in [0.1, 0.15) is 22.3 Å². The lowest BCUT2D eigenvalue weighted by Crippen LogP contribution is -2.23. The van der Waals surface area contributed by atoms with Gasteiger partial charge in [-0.3, -0.25) is 0 Å². The van der Waals surface area contributed by atoms with Gasteiger partial charge in [0.15, 0.2) is 0 Å². The lowest BCUT2D eigenvalue weighted by atomic mass is 9.93. The molecule has 1 unspecified atom stereocenters. The summed E-state index contributed by atoms with van der Waals surface area (Å²) in [6.45, 7) is 0.893. The van der Waals surface area contributed by atoms with Crippen LogP contribution in [0.2, 0.25) is 0 Å². The summed E-state index contributed by atoms with van der Waals surface area (Å²) in [6, 6.07) is 6.10. The highest BCUT2D eigenvalue weighted by molar-refractivity contribution is 5.87. The fourth-order valence-corrected chi connectivity index (χ4v) is 1.84. The van der Waals surface area contributed by atoms with E-state index >= 15 is 0 Å². The number of carboxylic acid groups (broad SMARTS) is 1. The van der Waals surface area contributed by atoms with Crippen LogP contribution in [-0.2, 0) is 5.67 Å². The van der Waals surface area contributed by atoms with E-state index in [2.05, 4.69) is 5.32 Å². The molecule has 1 saturated heterocycles. The van der Waals surface area contributed by atoms with Crippen LogP contribution in [0.25, 0.3) is 0 Å². The number of rotatable bonds is 2. The standard InChI is InChI=1S/C11H12FNO2/c12-11(4-5-13-7-11)9-3-1-2-8(6-9)10(14)15/h1-3,6,13H,4-5,7H2,(H,14,15). The molecule has 4 heteroatoms. The molecule has 0 spiro atoms. The zero-order valence-electron chi connectivity index (χ0n) is 8.16. The van der Waals surface area contributed by atoms with Crippen molar-refractivity contribution in [2.75, 3.05) is 13.1 Å². The number of alkyl halides is 1. The first kappa shape index (κ1) is 10.1. The third kappa shape index (κ3) is 1.85. The van der Waals surface area contributed by atoms with E-state index in [1.807, 2.05) is 0 Å². The molecule has 2 N–H and O–H groups in total. The van der Waals surface area contributed by atoms with Gasteiger partial charge in [-0.1, -0.05) is 12.1 Å². The number of hydrogen-bond donors (Lipinski definition) is 2. The minimum Gasteiger partial charge on any atom is -0.478 e. The smallest absolute Gasteiger partial charge is 0.335 e. The van der Waals surface area contributed by atoms with Gasteiger partial charge >= 0.3 is 5.97 Å². The Hall–Kier alpha value is -1.42. The Morgan fingerprint density at radius 3 is 2.93 bits per heavy atom. The van der Waals surface area contributed by atoms with Crippen molar-refractivity contribution in [3.63, 3.8) is 0 Å². The fraction of sp³-hybridized carbons (Fsp3) is 0.364. The van der Waals surface area contributed by atoms with Crippen LogP contribution in [0.4, 0.5) is 4.39 Å². The maximum absolute atomic E-state index is 14.2. The predicted octanol–water partition coefficient (Wildman–Crippen LogP) is 1.54. The van der Waals surface area contributed by atoms with Crippen LogP contribution in [0.5, 0.6) is 0 Å². The summed E-state index contributed by atoms with van der Waals surface area (Å²) in [6.07, 6.45) is 0.399. The molecule has 1 fully saturated rings. The number of nitrogens with one attached hydrogen (secondary N) is 1. The molecule has 1 aromatic rings. The zero-order valence-corrected chi connectivity index (χ0v) is 8.16. The van der Waals surface area contributed by atoms with E-state index in [9.17, 15) is 9.18 Å². The van der Waals surface area contributed by atoms with Crippen LogP contribution in [0, 0.1) is 0 Å². The van der Waals surface area contributed by atoms with Gasteiger partial charge in [-0.15, -0.1) is 0 Å². The number of hydrogen-bond acceptors (Lipinski definition) is 2. The first-order chi connectivity index (χ1) is 7.12. The Bertz CT molecular complexity index is 386. The van der Waals surface area contributed by atoms with Gasteiger partial charge in [0.1, 0.15) is 5.67 Å². The molecule has 0 radical (unpaired) electrons. The van der Waals surface area contributed by atoms with E-state index in [1.54, 1.807) is 12.1 Å². The summed E-state index contributed by atoms with van der Waals surface area (Å²) in [5.41, 5.74) is -0.824. The van der Waals surface area contributed by atoms with Crippen molar-refractivity contribution in [2.24, 2.45) is 0 Å². The largest absolute Gasteiger partial charge is 0.478 e. The quantitative estimate of drug-likeness (QED) is 0.776. The van der Waals surface area contributed by atoms with Gasteiger partial charge in [0, 0.05) is 6.54 Å². The van der Waals surface area contributed by atoms with Gasteiger partial charge in [-0.25, -0.2) is 9.18 Å². The molecule has 3 nitrogen and oxygen atoms in total. The molecule has 0 saturated carbocycles. The van der Waals surface area contributed by atoms with Crippen LogP contribution >= 0.6 is 0 Å². The monoisotopic (exact) mass is 209 g/mol. The van der Waals surface area contributed by atoms with Gasteiger partial charge in [0.2, 0.25) is 0 Å². The summed E-state index contributed by atoms with van der Waals surface area (Å²) in [5, 5.41) is 11.7. The van der Waals surface area contributed by atoms with Crippen molar-refractivity contribution in [1.82, 2.24) is 5.32 Å². The molecule has 0 amide bonds. The van der Waals surface area contributed by atoms with Gasteiger partial charge in [-0.2, -0.15) is 0 Å². The second-order valence-electron chi connectivity index (χ2n) is 3.78. The maximum Gasteiger partial charge on any atom is 0.335 e. The Labute approximate surface area is 86.9 Å². The number of benzene rings is 1. The van der Waals surface area contributed by atoms with Crippen LogP contribution < -0.4 is 5.32 Å². The molecule has 0 bridgehead atoms. The van der Waals surface area contributed by atoms with Crippen molar-refractivity contribution < 1.29 is 14.3 Å². The second kappa shape index (κ2) is 3.62. The molecule has 2 rings (SSSR count). The van der Waals surface area contributed by atoms with Crippen molar-refractivity contribution in [2.45, 2.75) is 12.1 Å². The van der Waals surface area contributed by atoms with E-state index < -0.39 is 11.6 Å². The maximum atomic E-state index is 14.2. The van der Waals surface area contributed by atoms with Crippen LogP contribution in [0.15, 0.2) is 24.3 Å². The SMILES string of the molecule is O=C(O)c1cccc(C2(F)CCNC2)c1. The fourth-order valence-electron chi connectivity index (χ4n) is 1.84. The Kier molecular flexibility index (Phi) is 2.44. The third-order valence-corrected chi connectivity index (χ3v) is 2.73. The number of aromatic carboxylic acids is 1. The molecule has 15 heavy (non-hydrogen) atoms. The Balaban J connectivity index is 2.36. The molecule has 1 atom stereocenters. The van der Waals surface area contributed by atoms with Gasteiger partial charge < -0.3 is 10.4 Å². The molecule has 80 valence electrons. The predicted molar refractivity (Wildman–Crippen MR) is 53.7 cm³/mol. The molecule has 1 heterocycles. The first-order valence-corrected chi connectivity index (χ1v) is 4.85. The molecular weight excluding hydrogens is 197 g/mol. The minimum absolute atomic E-state index is 0.136. The highest BCUT2D eigenvalue weighted by Gasteiger charge is 2.35. The van der Waals surface area contributed by atoms with E-state index in [-0.39, 0.29) is 12.1 Å². The number of carbonyl (C=O) groups is 1. The molecule has 0 aromatic heterocycles. The number of carboxylic acids is 1. The number of halogens is 1. The van der Waals surface area contributed by atoms with Crippen LogP contribution in [-0.4, -0.2) is 24.2 Å². The van der Waals surface area contributed by atoms with Crippen molar-refractivity contribution in [1.29, 1.82) is 0 Å². The Morgan fingerprint density at radius 1 is 1.53 bits per heavy atom. The molecule has 0 aliphatic carbocycles. The molecule has 1 aliphatic rings. The summed E-state index contributed by atoms with van der Waals surface area (Å²) >= 11 is 0. The Morgan fingerprint density at radius 2 is 2.33 bits per heavy atom. The van der Waals surface area contributed by atoms with E-state index in [0.29, 0.717) is 18.5 Å². The lowest BCUT2D eigenvalue weighted by molar-refractivity contribution is 0.0696. The average Bonchev–Trinajstić information content (AvgIpc) is 2.67. The van der Waals surface area contributed by atoms with E-state index in [1.165, 1.54) is 12.1 Å². The van der Waals surface area contributed by atoms with E-state index in [4.69, 9.17) is 5.11 Å². The van der Waals surface area contributed by atoms with Gasteiger partial charge in [0.05, 0.1) is 5.56 Å². The zero-order chi connectivity index (χ0) is 10.9. The first-order valence-electron chi connectivity index (χ1n) is 4.85. The van der Waals surface area contributed by atoms with Crippen LogP contribution in [0.3, 0.4) is 0 Å². The third-order valence-electron chi connectivity index (χ3n) is 2.73. The highest BCUT2D eigenvalue weighted by Crippen LogP contribution is 2.32. The second-order valence-corrected chi connectivity index (χ2v) is 3.78. The lowest BCUT2D eigenvalue weighted by Gasteiger charge is -2.18. The van der Waals surface area contributed by atoms with Crippen molar-refractivity contribution >= 4 is 5.97 Å². The highest BCUT2D eigenvalue weighted by atomic mass is 19.1. The average molecular weight is 209 g/mol. The molecule has 1 aliphatic heterocycles. The van der Waals surface area contributed by atoms with Crippen molar-refractivity contribution in [3.05, 3.63) is 35.4 Å². The van der Waals surface area contributed by atoms with Crippen molar-refractivity contribution in [3.8, 4) is 0 Å². The van der Waals surface area contributed by atoms with E-state index in [0.717, 1.165) is 0 Å². The summed E-state index contributed by atoms with van der Waals surface area (Å²) in [4.78, 5) is 10.7. The summed E-state index contributed by atoms with van der Waals surface area (Å²) < 4.78 is 14.2. The normalized spacial score (nSPS) is 25.4. The summed E-state index contributed by atoms with van der Waals surface area (Å²) in [5.74, 6) is -1.02. The topological polar surface area (TPSA) is 49.3 Å². The van der Waals surface area contributed by atoms with Gasteiger partial charge in [-0.05, 0) is 30.7 Å². The molecular formula is C11H12FNO2. The minimum atomic E-state index is -1.41. The van der Waals surface area contributed by atoms with Gasteiger partial charge in [0.25, 0.3) is 0 Å². The molecule has 1 aromatic carbocycles.